The first-order valence-electron chi connectivity index (χ1n) is 6.58. The largest absolute Gasteiger partial charge is 0.478 e. The SMILES string of the molecule is CCC(CCO)CNc1ccc(C(=O)O)c(C(F)(F)F)c1. The number of halogens is 3. The predicted molar refractivity (Wildman–Crippen MR) is 72.4 cm³/mol. The minimum atomic E-state index is -4.72. The Morgan fingerprint density at radius 1 is 1.38 bits per heavy atom. The lowest BCUT2D eigenvalue weighted by atomic mass is 10.0. The van der Waals surface area contributed by atoms with E-state index in [1.807, 2.05) is 6.92 Å². The van der Waals surface area contributed by atoms with Crippen LogP contribution < -0.4 is 5.32 Å². The lowest BCUT2D eigenvalue weighted by molar-refractivity contribution is -0.138. The molecule has 3 N–H and O–H groups in total. The third-order valence-corrected chi connectivity index (χ3v) is 3.26. The number of nitrogens with one attached hydrogen (secondary N) is 1. The summed E-state index contributed by atoms with van der Waals surface area (Å²) in [6.07, 6.45) is -3.38. The summed E-state index contributed by atoms with van der Waals surface area (Å²) in [5, 5.41) is 20.5. The maximum Gasteiger partial charge on any atom is 0.417 e. The first-order valence-corrected chi connectivity index (χ1v) is 6.58. The number of aromatic carboxylic acids is 1. The Balaban J connectivity index is 2.93. The van der Waals surface area contributed by atoms with E-state index in [1.165, 1.54) is 6.07 Å². The van der Waals surface area contributed by atoms with Gasteiger partial charge in [0.15, 0.2) is 0 Å². The fourth-order valence-electron chi connectivity index (χ4n) is 1.97. The lowest BCUT2D eigenvalue weighted by Gasteiger charge is -2.17. The minimum Gasteiger partial charge on any atom is -0.478 e. The normalized spacial score (nSPS) is 13.0. The van der Waals surface area contributed by atoms with Crippen molar-refractivity contribution >= 4 is 11.7 Å². The molecule has 1 aromatic carbocycles. The highest BCUT2D eigenvalue weighted by molar-refractivity contribution is 5.90. The van der Waals surface area contributed by atoms with E-state index in [2.05, 4.69) is 5.32 Å². The van der Waals surface area contributed by atoms with Gasteiger partial charge in [-0.3, -0.25) is 0 Å². The topological polar surface area (TPSA) is 69.6 Å². The van der Waals surface area contributed by atoms with Gasteiger partial charge in [-0.15, -0.1) is 0 Å². The fraction of sp³-hybridized carbons (Fsp3) is 0.500. The van der Waals surface area contributed by atoms with Gasteiger partial charge in [-0.25, -0.2) is 4.79 Å². The van der Waals surface area contributed by atoms with Crippen LogP contribution in [0.15, 0.2) is 18.2 Å². The Bertz CT molecular complexity index is 489. The molecule has 1 atom stereocenters. The van der Waals surface area contributed by atoms with Gasteiger partial charge in [0.1, 0.15) is 0 Å². The maximum atomic E-state index is 12.9. The molecule has 0 aliphatic carbocycles. The third-order valence-electron chi connectivity index (χ3n) is 3.26. The Kier molecular flexibility index (Phi) is 6.02. The van der Waals surface area contributed by atoms with E-state index in [-0.39, 0.29) is 18.2 Å². The second-order valence-corrected chi connectivity index (χ2v) is 4.73. The summed E-state index contributed by atoms with van der Waals surface area (Å²) in [6.45, 7) is 2.36. The first kappa shape index (κ1) is 17.3. The van der Waals surface area contributed by atoms with E-state index in [4.69, 9.17) is 10.2 Å². The summed E-state index contributed by atoms with van der Waals surface area (Å²) < 4.78 is 38.6. The Labute approximate surface area is 120 Å². The fourth-order valence-corrected chi connectivity index (χ4v) is 1.97. The van der Waals surface area contributed by atoms with Gasteiger partial charge >= 0.3 is 12.1 Å². The van der Waals surface area contributed by atoms with Gasteiger partial charge in [-0.05, 0) is 30.5 Å². The number of carbonyl (C=O) groups is 1. The molecular formula is C14H18F3NO3. The van der Waals surface area contributed by atoms with Crippen molar-refractivity contribution in [3.05, 3.63) is 29.3 Å². The number of rotatable bonds is 7. The number of aliphatic hydroxyl groups excluding tert-OH is 1. The van der Waals surface area contributed by atoms with Gasteiger partial charge in [-0.2, -0.15) is 13.2 Å². The lowest BCUT2D eigenvalue weighted by Crippen LogP contribution is -2.17. The van der Waals surface area contributed by atoms with E-state index in [0.717, 1.165) is 18.6 Å². The van der Waals surface area contributed by atoms with Crippen LogP contribution in [0, 0.1) is 5.92 Å². The average Bonchev–Trinajstić information content (AvgIpc) is 2.42. The number of hydrogen-bond donors (Lipinski definition) is 3. The van der Waals surface area contributed by atoms with Gasteiger partial charge in [0.2, 0.25) is 0 Å². The Morgan fingerprint density at radius 3 is 2.52 bits per heavy atom. The molecule has 0 saturated carbocycles. The molecule has 0 aliphatic heterocycles. The zero-order chi connectivity index (χ0) is 16.0. The van der Waals surface area contributed by atoms with E-state index < -0.39 is 23.3 Å². The molecule has 0 spiro atoms. The number of hydrogen-bond acceptors (Lipinski definition) is 3. The van der Waals surface area contributed by atoms with Crippen molar-refractivity contribution in [3.63, 3.8) is 0 Å². The molecule has 0 aliphatic rings. The van der Waals surface area contributed by atoms with Gasteiger partial charge < -0.3 is 15.5 Å². The first-order chi connectivity index (χ1) is 9.79. The van der Waals surface area contributed by atoms with Crippen LogP contribution in [-0.4, -0.2) is 29.3 Å². The molecule has 0 aromatic heterocycles. The summed E-state index contributed by atoms with van der Waals surface area (Å²) in [5.41, 5.74) is -1.73. The second-order valence-electron chi connectivity index (χ2n) is 4.73. The van der Waals surface area contributed by atoms with Crippen molar-refractivity contribution < 1.29 is 28.2 Å². The van der Waals surface area contributed by atoms with E-state index in [1.54, 1.807) is 0 Å². The third kappa shape index (κ3) is 4.93. The van der Waals surface area contributed by atoms with Crippen molar-refractivity contribution in [2.45, 2.75) is 25.9 Å². The molecule has 0 radical (unpaired) electrons. The molecule has 1 unspecified atom stereocenters. The van der Waals surface area contributed by atoms with Crippen molar-refractivity contribution in [2.24, 2.45) is 5.92 Å². The minimum absolute atomic E-state index is 0.0198. The van der Waals surface area contributed by atoms with Crippen LogP contribution in [0.1, 0.15) is 35.7 Å². The van der Waals surface area contributed by atoms with Crippen molar-refractivity contribution in [3.8, 4) is 0 Å². The molecule has 0 heterocycles. The van der Waals surface area contributed by atoms with Gasteiger partial charge in [0.05, 0.1) is 11.1 Å². The average molecular weight is 305 g/mol. The molecule has 1 rings (SSSR count). The molecule has 7 heteroatoms. The smallest absolute Gasteiger partial charge is 0.417 e. The second kappa shape index (κ2) is 7.31. The highest BCUT2D eigenvalue weighted by Gasteiger charge is 2.35. The molecule has 0 amide bonds. The van der Waals surface area contributed by atoms with Crippen molar-refractivity contribution in [1.29, 1.82) is 0 Å². The van der Waals surface area contributed by atoms with Crippen LogP contribution in [-0.2, 0) is 6.18 Å². The van der Waals surface area contributed by atoms with Crippen LogP contribution in [0.5, 0.6) is 0 Å². The molecule has 4 nitrogen and oxygen atoms in total. The van der Waals surface area contributed by atoms with Crippen LogP contribution in [0.3, 0.4) is 0 Å². The molecule has 21 heavy (non-hydrogen) atoms. The van der Waals surface area contributed by atoms with Crippen molar-refractivity contribution in [2.75, 3.05) is 18.5 Å². The standard InChI is InChI=1S/C14H18F3NO3/c1-2-9(5-6-19)8-18-10-3-4-11(13(20)21)12(7-10)14(15,16)17/h3-4,7,9,18-19H,2,5-6,8H2,1H3,(H,20,21). The van der Waals surface area contributed by atoms with Crippen LogP contribution in [0.25, 0.3) is 0 Å². The monoisotopic (exact) mass is 305 g/mol. The highest BCUT2D eigenvalue weighted by Crippen LogP contribution is 2.34. The molecular weight excluding hydrogens is 287 g/mol. The van der Waals surface area contributed by atoms with Crippen LogP contribution in [0.2, 0.25) is 0 Å². The van der Waals surface area contributed by atoms with Gasteiger partial charge in [-0.1, -0.05) is 13.3 Å². The highest BCUT2D eigenvalue weighted by atomic mass is 19.4. The Morgan fingerprint density at radius 2 is 2.05 bits per heavy atom. The summed E-state index contributed by atoms with van der Waals surface area (Å²) in [5.74, 6) is -1.47. The number of alkyl halides is 3. The van der Waals surface area contributed by atoms with Crippen LogP contribution in [0.4, 0.5) is 18.9 Å². The van der Waals surface area contributed by atoms with E-state index in [0.29, 0.717) is 13.0 Å². The number of aliphatic hydroxyl groups is 1. The number of carboxylic acids is 1. The predicted octanol–water partition coefficient (Wildman–Crippen LogP) is 3.22. The molecule has 0 saturated heterocycles. The quantitative estimate of drug-likeness (QED) is 0.723. The van der Waals surface area contributed by atoms with Crippen LogP contribution >= 0.6 is 0 Å². The zero-order valence-corrected chi connectivity index (χ0v) is 11.6. The summed E-state index contributed by atoms with van der Waals surface area (Å²) >= 11 is 0. The van der Waals surface area contributed by atoms with Gasteiger partial charge in [0, 0.05) is 18.8 Å². The number of benzene rings is 1. The summed E-state index contributed by atoms with van der Waals surface area (Å²) in [6, 6.07) is 3.06. The molecule has 1 aromatic rings. The summed E-state index contributed by atoms with van der Waals surface area (Å²) in [4.78, 5) is 10.8. The molecule has 118 valence electrons. The zero-order valence-electron chi connectivity index (χ0n) is 11.6. The number of anilines is 1. The van der Waals surface area contributed by atoms with E-state index >= 15 is 0 Å². The van der Waals surface area contributed by atoms with Crippen molar-refractivity contribution in [1.82, 2.24) is 0 Å². The molecule has 0 bridgehead atoms. The van der Waals surface area contributed by atoms with E-state index in [9.17, 15) is 18.0 Å². The van der Waals surface area contributed by atoms with Gasteiger partial charge in [0.25, 0.3) is 0 Å². The Hall–Kier alpha value is -1.76. The maximum absolute atomic E-state index is 12.9. The number of carboxylic acid groups (broad SMARTS) is 1. The summed E-state index contributed by atoms with van der Waals surface area (Å²) in [7, 11) is 0. The molecule has 0 fully saturated rings.